The highest BCUT2D eigenvalue weighted by Gasteiger charge is 2.14. The van der Waals surface area contributed by atoms with E-state index in [1.807, 2.05) is 7.05 Å². The number of hydrogen-bond donors (Lipinski definition) is 2. The number of hydrogen-bond acceptors (Lipinski definition) is 8. The van der Waals surface area contributed by atoms with Crippen molar-refractivity contribution in [3.05, 3.63) is 36.0 Å². The number of amides is 1. The van der Waals surface area contributed by atoms with Crippen LogP contribution in [0.2, 0.25) is 0 Å². The number of aromatic nitrogens is 4. The first-order valence-corrected chi connectivity index (χ1v) is 9.03. The number of ether oxygens (including phenoxy) is 1. The highest BCUT2D eigenvalue weighted by atomic mass is 32.2. The maximum absolute atomic E-state index is 12.0. The third kappa shape index (κ3) is 4.40. The summed E-state index contributed by atoms with van der Waals surface area (Å²) in [5.41, 5.74) is 1.30. The monoisotopic (exact) mass is 389 g/mol. The molecule has 10 heteroatoms. The minimum Gasteiger partial charge on any atom is -0.504 e. The molecule has 0 aliphatic heterocycles. The summed E-state index contributed by atoms with van der Waals surface area (Å²) in [5, 5.41) is 20.9. The van der Waals surface area contributed by atoms with E-state index in [1.54, 1.807) is 30.0 Å². The summed E-state index contributed by atoms with van der Waals surface area (Å²) in [4.78, 5) is 16.5. The molecule has 142 valence electrons. The third-order valence-corrected chi connectivity index (χ3v) is 4.81. The number of rotatable bonds is 7. The van der Waals surface area contributed by atoms with Crippen LogP contribution in [0.5, 0.6) is 11.5 Å². The molecule has 0 bridgehead atoms. The van der Waals surface area contributed by atoms with Crippen molar-refractivity contribution in [1.82, 2.24) is 25.1 Å². The average molecular weight is 389 g/mol. The van der Waals surface area contributed by atoms with Crippen molar-refractivity contribution in [1.29, 1.82) is 0 Å². The highest BCUT2D eigenvalue weighted by Crippen LogP contribution is 2.31. The molecule has 2 heterocycles. The Morgan fingerprint density at radius 3 is 2.96 bits per heavy atom. The first kappa shape index (κ1) is 18.8. The zero-order chi connectivity index (χ0) is 19.4. The summed E-state index contributed by atoms with van der Waals surface area (Å²) in [5.74, 6) is 1.46. The minimum absolute atomic E-state index is 0.0393. The van der Waals surface area contributed by atoms with Crippen molar-refractivity contribution in [2.24, 2.45) is 7.05 Å². The molecule has 0 atom stereocenters. The molecule has 0 aliphatic rings. The van der Waals surface area contributed by atoms with Crippen molar-refractivity contribution < 1.29 is 19.1 Å². The number of nitrogens with zero attached hydrogens (tertiary/aromatic N) is 4. The van der Waals surface area contributed by atoms with Gasteiger partial charge in [0.2, 0.25) is 11.8 Å². The van der Waals surface area contributed by atoms with Crippen molar-refractivity contribution in [3.63, 3.8) is 0 Å². The number of carbonyl (C=O) groups is 1. The summed E-state index contributed by atoms with van der Waals surface area (Å²) >= 11 is 1.30. The number of benzene rings is 1. The predicted molar refractivity (Wildman–Crippen MR) is 98.5 cm³/mol. The standard InChI is InChI=1S/C17H19N5O4S/c1-10-12(7-18-15(24)8-27-17-21-19-9-22(17)2)20-16(26-10)11-4-5-13(23)14(6-11)25-3/h4-6,9,23H,7-8H2,1-3H3,(H,18,24). The molecule has 27 heavy (non-hydrogen) atoms. The Morgan fingerprint density at radius 1 is 1.44 bits per heavy atom. The van der Waals surface area contributed by atoms with E-state index < -0.39 is 0 Å². The quantitative estimate of drug-likeness (QED) is 0.589. The first-order chi connectivity index (χ1) is 13.0. The van der Waals surface area contributed by atoms with Crippen LogP contribution in [0.3, 0.4) is 0 Å². The Hall–Kier alpha value is -3.01. The molecule has 0 saturated heterocycles. The number of aromatic hydroxyl groups is 1. The maximum atomic E-state index is 12.0. The van der Waals surface area contributed by atoms with Gasteiger partial charge in [0.05, 0.1) is 19.4 Å². The van der Waals surface area contributed by atoms with E-state index in [-0.39, 0.29) is 24.0 Å². The van der Waals surface area contributed by atoms with Gasteiger partial charge in [0.1, 0.15) is 17.8 Å². The second-order valence-electron chi connectivity index (χ2n) is 5.70. The zero-order valence-electron chi connectivity index (χ0n) is 15.1. The molecule has 0 radical (unpaired) electrons. The zero-order valence-corrected chi connectivity index (χ0v) is 15.9. The lowest BCUT2D eigenvalue weighted by Crippen LogP contribution is -2.25. The topological polar surface area (TPSA) is 115 Å². The van der Waals surface area contributed by atoms with Gasteiger partial charge in [0.25, 0.3) is 0 Å². The van der Waals surface area contributed by atoms with Crippen LogP contribution in [0.4, 0.5) is 0 Å². The lowest BCUT2D eigenvalue weighted by Gasteiger charge is -2.04. The van der Waals surface area contributed by atoms with Gasteiger partial charge in [0.15, 0.2) is 16.7 Å². The molecule has 0 saturated carbocycles. The molecule has 2 N–H and O–H groups in total. The second kappa shape index (κ2) is 8.12. The van der Waals surface area contributed by atoms with Crippen LogP contribution in [0.15, 0.2) is 34.1 Å². The van der Waals surface area contributed by atoms with Gasteiger partial charge in [-0.2, -0.15) is 0 Å². The summed E-state index contributed by atoms with van der Waals surface area (Å²) in [6.07, 6.45) is 1.58. The predicted octanol–water partition coefficient (Wildman–Crippen LogP) is 1.90. The normalized spacial score (nSPS) is 10.8. The van der Waals surface area contributed by atoms with Gasteiger partial charge in [-0.05, 0) is 25.1 Å². The largest absolute Gasteiger partial charge is 0.504 e. The van der Waals surface area contributed by atoms with Gasteiger partial charge in [-0.1, -0.05) is 11.8 Å². The molecule has 1 aromatic carbocycles. The minimum atomic E-state index is -0.141. The number of methoxy groups -OCH3 is 1. The molecule has 1 amide bonds. The Labute approximate surface area is 159 Å². The molecule has 2 aromatic heterocycles. The van der Waals surface area contributed by atoms with Gasteiger partial charge in [-0.15, -0.1) is 10.2 Å². The Bertz CT molecular complexity index is 953. The van der Waals surface area contributed by atoms with Crippen LogP contribution in [-0.2, 0) is 18.4 Å². The number of aryl methyl sites for hydroxylation is 2. The van der Waals surface area contributed by atoms with Gasteiger partial charge in [-0.25, -0.2) is 4.98 Å². The molecule has 3 rings (SSSR count). The number of nitrogens with one attached hydrogen (secondary N) is 1. The molecular formula is C17H19N5O4S. The third-order valence-electron chi connectivity index (χ3n) is 3.77. The SMILES string of the molecule is COc1cc(-c2nc(CNC(=O)CSc3nncn3C)c(C)o2)ccc1O. The van der Waals surface area contributed by atoms with Crippen LogP contribution >= 0.6 is 11.8 Å². The number of thioether (sulfide) groups is 1. The first-order valence-electron chi connectivity index (χ1n) is 8.05. The van der Waals surface area contributed by atoms with Crippen LogP contribution in [0.1, 0.15) is 11.5 Å². The second-order valence-corrected chi connectivity index (χ2v) is 6.64. The van der Waals surface area contributed by atoms with E-state index in [4.69, 9.17) is 9.15 Å². The number of phenolic OH excluding ortho intramolecular Hbond substituents is 1. The summed E-state index contributed by atoms with van der Waals surface area (Å²) in [6.45, 7) is 2.03. The van der Waals surface area contributed by atoms with Crippen molar-refractivity contribution in [2.75, 3.05) is 12.9 Å². The van der Waals surface area contributed by atoms with Crippen LogP contribution in [-0.4, -0.2) is 43.6 Å². The van der Waals surface area contributed by atoms with Crippen molar-refractivity contribution in [3.8, 4) is 23.0 Å². The van der Waals surface area contributed by atoms with Gasteiger partial charge in [-0.3, -0.25) is 4.79 Å². The van der Waals surface area contributed by atoms with E-state index in [0.29, 0.717) is 33.8 Å². The van der Waals surface area contributed by atoms with Gasteiger partial charge in [0, 0.05) is 12.6 Å². The lowest BCUT2D eigenvalue weighted by molar-refractivity contribution is -0.118. The average Bonchev–Trinajstić information content (AvgIpc) is 3.24. The molecular weight excluding hydrogens is 370 g/mol. The molecule has 0 unspecified atom stereocenters. The number of oxazole rings is 1. The Morgan fingerprint density at radius 2 is 2.26 bits per heavy atom. The van der Waals surface area contributed by atoms with Gasteiger partial charge < -0.3 is 24.1 Å². The molecule has 3 aromatic rings. The fraction of sp³-hybridized carbons (Fsp3) is 0.294. The molecule has 0 spiro atoms. The highest BCUT2D eigenvalue weighted by molar-refractivity contribution is 7.99. The maximum Gasteiger partial charge on any atom is 0.230 e. The summed E-state index contributed by atoms with van der Waals surface area (Å²) < 4.78 is 12.5. The number of carbonyl (C=O) groups excluding carboxylic acids is 1. The molecule has 0 fully saturated rings. The fourth-order valence-corrected chi connectivity index (χ4v) is 3.01. The van der Waals surface area contributed by atoms with E-state index in [9.17, 15) is 9.90 Å². The van der Waals surface area contributed by atoms with E-state index in [1.165, 1.54) is 24.9 Å². The fourth-order valence-electron chi connectivity index (χ4n) is 2.29. The van der Waals surface area contributed by atoms with E-state index in [0.717, 1.165) is 0 Å². The van der Waals surface area contributed by atoms with Gasteiger partial charge >= 0.3 is 0 Å². The van der Waals surface area contributed by atoms with Crippen LogP contribution in [0, 0.1) is 6.92 Å². The van der Waals surface area contributed by atoms with Crippen LogP contribution in [0.25, 0.3) is 11.5 Å². The van der Waals surface area contributed by atoms with Crippen molar-refractivity contribution in [2.45, 2.75) is 18.6 Å². The summed E-state index contributed by atoms with van der Waals surface area (Å²) in [6, 6.07) is 4.84. The lowest BCUT2D eigenvalue weighted by atomic mass is 10.2. The smallest absolute Gasteiger partial charge is 0.230 e. The van der Waals surface area contributed by atoms with Crippen molar-refractivity contribution >= 4 is 17.7 Å². The van der Waals surface area contributed by atoms with E-state index in [2.05, 4.69) is 20.5 Å². The van der Waals surface area contributed by atoms with Crippen LogP contribution < -0.4 is 10.1 Å². The number of phenols is 1. The Kier molecular flexibility index (Phi) is 5.65. The summed E-state index contributed by atoms with van der Waals surface area (Å²) in [7, 11) is 3.29. The molecule has 0 aliphatic carbocycles. The molecule has 9 nitrogen and oxygen atoms in total. The van der Waals surface area contributed by atoms with E-state index >= 15 is 0 Å². The Balaban J connectivity index is 1.61.